The lowest BCUT2D eigenvalue weighted by Crippen LogP contribution is -2.57. The lowest BCUT2D eigenvalue weighted by atomic mass is 9.97. The van der Waals surface area contributed by atoms with Crippen LogP contribution in [0, 0.1) is 0 Å². The van der Waals surface area contributed by atoms with Crippen molar-refractivity contribution in [2.45, 2.75) is 19.1 Å². The van der Waals surface area contributed by atoms with Crippen LogP contribution in [-0.4, -0.2) is 79.0 Å². The second-order valence-corrected chi connectivity index (χ2v) is 6.93. The van der Waals surface area contributed by atoms with Crippen LogP contribution in [0.25, 0.3) is 0 Å². The molecule has 2 unspecified atom stereocenters. The van der Waals surface area contributed by atoms with Gasteiger partial charge in [-0.05, 0) is 24.2 Å². The molecule has 0 bridgehead atoms. The van der Waals surface area contributed by atoms with Gasteiger partial charge in [0.1, 0.15) is 6.61 Å². The van der Waals surface area contributed by atoms with Crippen LogP contribution in [0.2, 0.25) is 5.02 Å². The van der Waals surface area contributed by atoms with Crippen LogP contribution in [0.15, 0.2) is 24.3 Å². The highest BCUT2D eigenvalue weighted by molar-refractivity contribution is 6.30. The van der Waals surface area contributed by atoms with E-state index in [9.17, 15) is 9.59 Å². The van der Waals surface area contributed by atoms with Crippen molar-refractivity contribution >= 4 is 23.4 Å². The van der Waals surface area contributed by atoms with Crippen molar-refractivity contribution in [3.8, 4) is 0 Å². The number of benzene rings is 1. The van der Waals surface area contributed by atoms with Gasteiger partial charge in [-0.2, -0.15) is 0 Å². The molecule has 7 heteroatoms. The van der Waals surface area contributed by atoms with E-state index >= 15 is 0 Å². The predicted molar refractivity (Wildman–Crippen MR) is 95.4 cm³/mol. The van der Waals surface area contributed by atoms with Crippen LogP contribution in [0.4, 0.5) is 0 Å². The van der Waals surface area contributed by atoms with Crippen molar-refractivity contribution in [1.82, 2.24) is 14.7 Å². The zero-order chi connectivity index (χ0) is 18.0. The summed E-state index contributed by atoms with van der Waals surface area (Å²) in [5.41, 5.74) is 0.852. The molecule has 0 N–H and O–H groups in total. The Kier molecular flexibility index (Phi) is 5.61. The minimum atomic E-state index is -0.683. The first-order valence-electron chi connectivity index (χ1n) is 8.65. The number of carbonyl (C=O) groups excluding carboxylic acids is 2. The van der Waals surface area contributed by atoms with Crippen molar-refractivity contribution in [3.63, 3.8) is 0 Å². The summed E-state index contributed by atoms with van der Waals surface area (Å²) in [6, 6.07) is 6.80. The first-order valence-corrected chi connectivity index (χ1v) is 9.03. The molecule has 2 heterocycles. The molecule has 0 saturated carbocycles. The molecule has 0 spiro atoms. The van der Waals surface area contributed by atoms with E-state index in [0.29, 0.717) is 18.1 Å². The number of morpholine rings is 1. The summed E-state index contributed by atoms with van der Waals surface area (Å²) in [7, 11) is 1.72. The number of rotatable bonds is 3. The summed E-state index contributed by atoms with van der Waals surface area (Å²) in [5, 5.41) is 0.619. The average Bonchev–Trinajstić information content (AvgIpc) is 2.64. The minimum absolute atomic E-state index is 0.0462. The highest BCUT2D eigenvalue weighted by Crippen LogP contribution is 2.31. The molecule has 3 rings (SSSR count). The standard InChI is InChI=1S/C18H24ClN3O3/c1-3-21-8-10-22(11-9-21)18(24)17-16(20(2)15(23)12-25-17)13-4-6-14(19)7-5-13/h4-7,16-17H,3,8-12H2,1-2H3. The molecule has 2 amide bonds. The molecule has 2 fully saturated rings. The fraction of sp³-hybridized carbons (Fsp3) is 0.556. The summed E-state index contributed by atoms with van der Waals surface area (Å²) >= 11 is 5.97. The second-order valence-electron chi connectivity index (χ2n) is 6.49. The van der Waals surface area contributed by atoms with Crippen molar-refractivity contribution in [2.75, 3.05) is 46.4 Å². The molecule has 0 radical (unpaired) electrons. The van der Waals surface area contributed by atoms with E-state index in [0.717, 1.165) is 25.2 Å². The Bertz CT molecular complexity index is 629. The van der Waals surface area contributed by atoms with Gasteiger partial charge in [-0.25, -0.2) is 0 Å². The smallest absolute Gasteiger partial charge is 0.254 e. The van der Waals surface area contributed by atoms with E-state index in [1.807, 2.05) is 17.0 Å². The first kappa shape index (κ1) is 18.2. The van der Waals surface area contributed by atoms with Crippen LogP contribution in [0.5, 0.6) is 0 Å². The molecule has 0 aromatic heterocycles. The molecular formula is C18H24ClN3O3. The zero-order valence-corrected chi connectivity index (χ0v) is 15.4. The van der Waals surface area contributed by atoms with Crippen molar-refractivity contribution in [3.05, 3.63) is 34.9 Å². The minimum Gasteiger partial charge on any atom is -0.356 e. The average molecular weight is 366 g/mol. The summed E-state index contributed by atoms with van der Waals surface area (Å²) < 4.78 is 5.70. The van der Waals surface area contributed by atoms with Crippen molar-refractivity contribution < 1.29 is 14.3 Å². The summed E-state index contributed by atoms with van der Waals surface area (Å²) in [6.07, 6.45) is -0.683. The maximum absolute atomic E-state index is 13.1. The third kappa shape index (κ3) is 3.81. The number of carbonyl (C=O) groups is 2. The molecule has 1 aromatic rings. The zero-order valence-electron chi connectivity index (χ0n) is 14.7. The summed E-state index contributed by atoms with van der Waals surface area (Å²) in [6.45, 7) is 6.18. The molecule has 0 aliphatic carbocycles. The fourth-order valence-corrected chi connectivity index (χ4v) is 3.57. The number of nitrogens with zero attached hydrogens (tertiary/aromatic N) is 3. The van der Waals surface area contributed by atoms with Crippen LogP contribution >= 0.6 is 11.6 Å². The van der Waals surface area contributed by atoms with Crippen LogP contribution in [-0.2, 0) is 14.3 Å². The van der Waals surface area contributed by atoms with Gasteiger partial charge in [-0.3, -0.25) is 9.59 Å². The van der Waals surface area contributed by atoms with E-state index in [2.05, 4.69) is 11.8 Å². The number of ether oxygens (including phenoxy) is 1. The largest absolute Gasteiger partial charge is 0.356 e. The van der Waals surface area contributed by atoms with E-state index in [1.54, 1.807) is 24.1 Å². The Hall–Kier alpha value is -1.63. The highest BCUT2D eigenvalue weighted by atomic mass is 35.5. The Morgan fingerprint density at radius 2 is 1.84 bits per heavy atom. The number of amides is 2. The Labute approximate surface area is 153 Å². The molecule has 1 aromatic carbocycles. The lowest BCUT2D eigenvalue weighted by molar-refractivity contribution is -0.168. The van der Waals surface area contributed by atoms with Gasteiger partial charge in [-0.15, -0.1) is 0 Å². The molecule has 2 aliphatic heterocycles. The van der Waals surface area contributed by atoms with Gasteiger partial charge in [0.25, 0.3) is 5.91 Å². The normalized spacial score (nSPS) is 25.3. The number of piperazine rings is 1. The second kappa shape index (κ2) is 7.72. The Balaban J connectivity index is 1.81. The molecule has 2 atom stereocenters. The maximum Gasteiger partial charge on any atom is 0.254 e. The van der Waals surface area contributed by atoms with E-state index in [-0.39, 0.29) is 18.4 Å². The maximum atomic E-state index is 13.1. The summed E-state index contributed by atoms with van der Waals surface area (Å²) in [4.78, 5) is 31.0. The van der Waals surface area contributed by atoms with Gasteiger partial charge >= 0.3 is 0 Å². The van der Waals surface area contributed by atoms with Crippen LogP contribution in [0.3, 0.4) is 0 Å². The van der Waals surface area contributed by atoms with E-state index in [4.69, 9.17) is 16.3 Å². The van der Waals surface area contributed by atoms with Crippen molar-refractivity contribution in [1.29, 1.82) is 0 Å². The Morgan fingerprint density at radius 3 is 2.44 bits per heavy atom. The highest BCUT2D eigenvalue weighted by Gasteiger charge is 2.42. The third-order valence-corrected chi connectivity index (χ3v) is 5.32. The van der Waals surface area contributed by atoms with Crippen LogP contribution < -0.4 is 0 Å². The first-order chi connectivity index (χ1) is 12.0. The van der Waals surface area contributed by atoms with Gasteiger partial charge in [0.2, 0.25) is 5.91 Å². The van der Waals surface area contributed by atoms with Gasteiger partial charge in [0, 0.05) is 38.2 Å². The molecule has 25 heavy (non-hydrogen) atoms. The van der Waals surface area contributed by atoms with E-state index < -0.39 is 12.1 Å². The number of hydrogen-bond acceptors (Lipinski definition) is 4. The topological polar surface area (TPSA) is 53.1 Å². The molecular weight excluding hydrogens is 342 g/mol. The molecule has 6 nitrogen and oxygen atoms in total. The monoisotopic (exact) mass is 365 g/mol. The summed E-state index contributed by atoms with van der Waals surface area (Å²) in [5.74, 6) is -0.171. The Morgan fingerprint density at radius 1 is 1.20 bits per heavy atom. The lowest BCUT2D eigenvalue weighted by Gasteiger charge is -2.42. The molecule has 2 saturated heterocycles. The predicted octanol–water partition coefficient (Wildman–Crippen LogP) is 1.40. The van der Waals surface area contributed by atoms with Gasteiger partial charge < -0.3 is 19.4 Å². The number of likely N-dealkylation sites (N-methyl/N-ethyl adjacent to an activating group) is 2. The van der Waals surface area contributed by atoms with Crippen LogP contribution in [0.1, 0.15) is 18.5 Å². The quantitative estimate of drug-likeness (QED) is 0.812. The number of halogens is 1. The van der Waals surface area contributed by atoms with Crippen molar-refractivity contribution in [2.24, 2.45) is 0 Å². The van der Waals surface area contributed by atoms with Gasteiger partial charge in [-0.1, -0.05) is 30.7 Å². The SMILES string of the molecule is CCN1CCN(C(=O)C2OCC(=O)N(C)C2c2ccc(Cl)cc2)CC1. The van der Waals surface area contributed by atoms with Gasteiger partial charge in [0.05, 0.1) is 6.04 Å². The molecule has 136 valence electrons. The van der Waals surface area contributed by atoms with E-state index in [1.165, 1.54) is 0 Å². The third-order valence-electron chi connectivity index (χ3n) is 5.07. The van der Waals surface area contributed by atoms with Gasteiger partial charge in [0.15, 0.2) is 6.10 Å². The molecule has 2 aliphatic rings. The number of hydrogen-bond donors (Lipinski definition) is 0. The fourth-order valence-electron chi connectivity index (χ4n) is 3.44.